The first-order valence-corrected chi connectivity index (χ1v) is 5.21. The molecular formula is C14H9NO3. The van der Waals surface area contributed by atoms with Crippen molar-refractivity contribution in [1.29, 1.82) is 0 Å². The van der Waals surface area contributed by atoms with Crippen LogP contribution in [0.1, 0.15) is 11.1 Å². The Bertz CT molecular complexity index is 653. The summed E-state index contributed by atoms with van der Waals surface area (Å²) in [6, 6.07) is 12.7. The SMILES string of the molecule is O=[N+]([O-])c1cccc(C#Cc2ccccc2O)c1. The highest BCUT2D eigenvalue weighted by atomic mass is 16.6. The fourth-order valence-electron chi connectivity index (χ4n) is 1.42. The van der Waals surface area contributed by atoms with Gasteiger partial charge in [0.15, 0.2) is 0 Å². The number of benzene rings is 2. The van der Waals surface area contributed by atoms with Crippen molar-refractivity contribution in [1.82, 2.24) is 0 Å². The molecule has 0 heterocycles. The van der Waals surface area contributed by atoms with E-state index in [0.717, 1.165) is 0 Å². The molecule has 0 aliphatic rings. The van der Waals surface area contributed by atoms with Gasteiger partial charge in [0.05, 0.1) is 10.5 Å². The third-order valence-electron chi connectivity index (χ3n) is 2.30. The second-order valence-corrected chi connectivity index (χ2v) is 3.57. The number of non-ortho nitro benzene ring substituents is 1. The summed E-state index contributed by atoms with van der Waals surface area (Å²) in [5.41, 5.74) is 1.02. The van der Waals surface area contributed by atoms with Crippen molar-refractivity contribution in [2.24, 2.45) is 0 Å². The molecule has 0 radical (unpaired) electrons. The zero-order chi connectivity index (χ0) is 13.0. The van der Waals surface area contributed by atoms with Crippen LogP contribution >= 0.6 is 0 Å². The van der Waals surface area contributed by atoms with Gasteiger partial charge in [-0.2, -0.15) is 0 Å². The average molecular weight is 239 g/mol. The molecule has 2 rings (SSSR count). The van der Waals surface area contributed by atoms with Crippen molar-refractivity contribution in [3.05, 3.63) is 69.8 Å². The third kappa shape index (κ3) is 2.66. The molecule has 0 aliphatic heterocycles. The predicted octanol–water partition coefficient (Wildman–Crippen LogP) is 2.70. The monoisotopic (exact) mass is 239 g/mol. The highest BCUT2D eigenvalue weighted by Crippen LogP contribution is 2.15. The number of hydrogen-bond acceptors (Lipinski definition) is 3. The van der Waals surface area contributed by atoms with Crippen LogP contribution in [0.15, 0.2) is 48.5 Å². The molecule has 88 valence electrons. The van der Waals surface area contributed by atoms with E-state index in [4.69, 9.17) is 0 Å². The predicted molar refractivity (Wildman–Crippen MR) is 67.2 cm³/mol. The van der Waals surface area contributed by atoms with E-state index in [1.165, 1.54) is 18.2 Å². The van der Waals surface area contributed by atoms with Crippen LogP contribution in [0.4, 0.5) is 5.69 Å². The van der Waals surface area contributed by atoms with Crippen molar-refractivity contribution < 1.29 is 10.0 Å². The van der Waals surface area contributed by atoms with Crippen molar-refractivity contribution in [3.8, 4) is 17.6 Å². The second kappa shape index (κ2) is 5.02. The molecule has 0 saturated carbocycles. The molecule has 4 nitrogen and oxygen atoms in total. The van der Waals surface area contributed by atoms with E-state index in [2.05, 4.69) is 11.8 Å². The summed E-state index contributed by atoms with van der Waals surface area (Å²) in [5, 5.41) is 20.1. The Morgan fingerprint density at radius 2 is 1.83 bits per heavy atom. The summed E-state index contributed by atoms with van der Waals surface area (Å²) in [6.07, 6.45) is 0. The van der Waals surface area contributed by atoms with E-state index in [1.807, 2.05) is 0 Å². The van der Waals surface area contributed by atoms with Crippen LogP contribution in [0.25, 0.3) is 0 Å². The molecule has 0 spiro atoms. The number of nitro benzene ring substituents is 1. The summed E-state index contributed by atoms with van der Waals surface area (Å²) in [5.74, 6) is 5.65. The molecule has 0 atom stereocenters. The lowest BCUT2D eigenvalue weighted by atomic mass is 10.1. The number of aromatic hydroxyl groups is 1. The minimum atomic E-state index is -0.467. The van der Waals surface area contributed by atoms with Crippen molar-refractivity contribution in [2.75, 3.05) is 0 Å². The Hall–Kier alpha value is -2.80. The van der Waals surface area contributed by atoms with Crippen LogP contribution in [0, 0.1) is 22.0 Å². The molecule has 18 heavy (non-hydrogen) atoms. The van der Waals surface area contributed by atoms with Crippen molar-refractivity contribution in [2.45, 2.75) is 0 Å². The quantitative estimate of drug-likeness (QED) is 0.472. The molecule has 0 bridgehead atoms. The summed E-state index contributed by atoms with van der Waals surface area (Å²) in [4.78, 5) is 10.1. The average Bonchev–Trinajstić information content (AvgIpc) is 2.38. The van der Waals surface area contributed by atoms with Gasteiger partial charge in [0.25, 0.3) is 5.69 Å². The first kappa shape index (κ1) is 11.7. The smallest absolute Gasteiger partial charge is 0.270 e. The molecule has 0 unspecified atom stereocenters. The lowest BCUT2D eigenvalue weighted by Gasteiger charge is -1.94. The van der Waals surface area contributed by atoms with Gasteiger partial charge in [0, 0.05) is 17.7 Å². The van der Waals surface area contributed by atoms with Gasteiger partial charge in [-0.25, -0.2) is 0 Å². The number of phenolic OH excluding ortho intramolecular Hbond substituents is 1. The maximum absolute atomic E-state index is 10.6. The Labute approximate surface area is 104 Å². The molecule has 0 amide bonds. The summed E-state index contributed by atoms with van der Waals surface area (Å²) in [7, 11) is 0. The van der Waals surface area contributed by atoms with Crippen LogP contribution in [0.2, 0.25) is 0 Å². The van der Waals surface area contributed by atoms with Gasteiger partial charge in [-0.15, -0.1) is 0 Å². The minimum Gasteiger partial charge on any atom is -0.507 e. The zero-order valence-corrected chi connectivity index (χ0v) is 9.33. The topological polar surface area (TPSA) is 63.4 Å². The fraction of sp³-hybridized carbons (Fsp3) is 0. The van der Waals surface area contributed by atoms with E-state index in [-0.39, 0.29) is 11.4 Å². The standard InChI is InChI=1S/C14H9NO3/c16-14-7-2-1-5-12(14)9-8-11-4-3-6-13(10-11)15(17)18/h1-7,10,16H. The molecule has 0 aromatic heterocycles. The largest absolute Gasteiger partial charge is 0.507 e. The maximum Gasteiger partial charge on any atom is 0.270 e. The van der Waals surface area contributed by atoms with Crippen molar-refractivity contribution >= 4 is 5.69 Å². The van der Waals surface area contributed by atoms with Gasteiger partial charge in [-0.3, -0.25) is 10.1 Å². The lowest BCUT2D eigenvalue weighted by molar-refractivity contribution is -0.384. The maximum atomic E-state index is 10.6. The van der Waals surface area contributed by atoms with E-state index in [1.54, 1.807) is 30.3 Å². The molecule has 4 heteroatoms. The third-order valence-corrected chi connectivity index (χ3v) is 2.30. The Balaban J connectivity index is 2.33. The number of hydrogen-bond donors (Lipinski definition) is 1. The number of rotatable bonds is 1. The van der Waals surface area contributed by atoms with Crippen LogP contribution in [-0.4, -0.2) is 10.0 Å². The Kier molecular flexibility index (Phi) is 3.26. The minimum absolute atomic E-state index is 0.000849. The zero-order valence-electron chi connectivity index (χ0n) is 9.33. The van der Waals surface area contributed by atoms with Crippen LogP contribution in [-0.2, 0) is 0 Å². The van der Waals surface area contributed by atoms with Crippen molar-refractivity contribution in [3.63, 3.8) is 0 Å². The Morgan fingerprint density at radius 1 is 1.06 bits per heavy atom. The van der Waals surface area contributed by atoms with Gasteiger partial charge in [-0.05, 0) is 18.2 Å². The van der Waals surface area contributed by atoms with Gasteiger partial charge < -0.3 is 5.11 Å². The van der Waals surface area contributed by atoms with E-state index in [9.17, 15) is 15.2 Å². The van der Waals surface area contributed by atoms with Gasteiger partial charge >= 0.3 is 0 Å². The van der Waals surface area contributed by atoms with Crippen LogP contribution < -0.4 is 0 Å². The molecule has 2 aromatic carbocycles. The number of para-hydroxylation sites is 1. The molecular weight excluding hydrogens is 230 g/mol. The molecule has 0 fully saturated rings. The lowest BCUT2D eigenvalue weighted by Crippen LogP contribution is -1.87. The first-order chi connectivity index (χ1) is 8.66. The van der Waals surface area contributed by atoms with Gasteiger partial charge in [0.1, 0.15) is 5.75 Å². The van der Waals surface area contributed by atoms with E-state index < -0.39 is 4.92 Å². The van der Waals surface area contributed by atoms with E-state index >= 15 is 0 Å². The van der Waals surface area contributed by atoms with Crippen LogP contribution in [0.5, 0.6) is 5.75 Å². The normalized spacial score (nSPS) is 9.33. The number of phenols is 1. The number of nitrogens with zero attached hydrogens (tertiary/aromatic N) is 1. The van der Waals surface area contributed by atoms with Gasteiger partial charge in [-0.1, -0.05) is 30.0 Å². The summed E-state index contributed by atoms with van der Waals surface area (Å²) < 4.78 is 0. The summed E-state index contributed by atoms with van der Waals surface area (Å²) >= 11 is 0. The second-order valence-electron chi connectivity index (χ2n) is 3.57. The first-order valence-electron chi connectivity index (χ1n) is 5.21. The molecule has 0 aliphatic carbocycles. The number of nitro groups is 1. The highest BCUT2D eigenvalue weighted by molar-refractivity contribution is 5.50. The summed E-state index contributed by atoms with van der Waals surface area (Å²) in [6.45, 7) is 0. The molecule has 1 N–H and O–H groups in total. The van der Waals surface area contributed by atoms with Crippen LogP contribution in [0.3, 0.4) is 0 Å². The molecule has 2 aromatic rings. The fourth-order valence-corrected chi connectivity index (χ4v) is 1.42. The van der Waals surface area contributed by atoms with E-state index in [0.29, 0.717) is 11.1 Å². The van der Waals surface area contributed by atoms with Gasteiger partial charge in [0.2, 0.25) is 0 Å². The highest BCUT2D eigenvalue weighted by Gasteiger charge is 2.03. The molecule has 0 saturated heterocycles. The Morgan fingerprint density at radius 3 is 2.56 bits per heavy atom.